The molecule has 2 rings (SSSR count). The number of nitrogens with one attached hydrogen (secondary N) is 2. The highest BCUT2D eigenvalue weighted by molar-refractivity contribution is 6.01. The number of benzene rings is 1. The van der Waals surface area contributed by atoms with Crippen molar-refractivity contribution in [3.05, 3.63) is 29.6 Å². The second-order valence-electron chi connectivity index (χ2n) is 4.50. The zero-order valence-electron chi connectivity index (χ0n) is 10.9. The maximum absolute atomic E-state index is 13.7. The lowest BCUT2D eigenvalue weighted by molar-refractivity contribution is -0.120. The Morgan fingerprint density at radius 1 is 1.40 bits per heavy atom. The Kier molecular flexibility index (Phi) is 4.31. The number of carbonyl (C=O) groups excluding carboxylic acids is 1. The van der Waals surface area contributed by atoms with E-state index in [2.05, 4.69) is 10.6 Å². The number of likely N-dealkylation sites (N-methyl/N-ethyl adjacent to an activating group) is 1. The van der Waals surface area contributed by atoms with E-state index in [1.165, 1.54) is 12.1 Å². The molecule has 1 aliphatic heterocycles. The van der Waals surface area contributed by atoms with Gasteiger partial charge in [-0.3, -0.25) is 4.79 Å². The Morgan fingerprint density at radius 2 is 2.15 bits per heavy atom. The van der Waals surface area contributed by atoms with Crippen LogP contribution in [0, 0.1) is 11.7 Å². The summed E-state index contributed by atoms with van der Waals surface area (Å²) in [4.78, 5) is 23.2. The fraction of sp³-hybridized carbons (Fsp3) is 0.385. The Morgan fingerprint density at radius 3 is 2.80 bits per heavy atom. The van der Waals surface area contributed by atoms with E-state index in [0.717, 1.165) is 6.07 Å². The van der Waals surface area contributed by atoms with E-state index in [1.807, 2.05) is 0 Å². The zero-order chi connectivity index (χ0) is 14.7. The van der Waals surface area contributed by atoms with E-state index in [4.69, 9.17) is 9.84 Å². The summed E-state index contributed by atoms with van der Waals surface area (Å²) in [6.07, 6.45) is 0. The van der Waals surface area contributed by atoms with Gasteiger partial charge in [0.15, 0.2) is 0 Å². The van der Waals surface area contributed by atoms with Crippen molar-refractivity contribution < 1.29 is 23.8 Å². The monoisotopic (exact) mass is 282 g/mol. The van der Waals surface area contributed by atoms with Crippen LogP contribution in [0.3, 0.4) is 0 Å². The highest BCUT2D eigenvalue weighted by Crippen LogP contribution is 2.22. The molecule has 1 aromatic carbocycles. The highest BCUT2D eigenvalue weighted by atomic mass is 19.1. The third-order valence-electron chi connectivity index (χ3n) is 3.28. The number of anilines is 1. The summed E-state index contributed by atoms with van der Waals surface area (Å²) in [6, 6.07) is 3.45. The van der Waals surface area contributed by atoms with Crippen molar-refractivity contribution in [3.8, 4) is 0 Å². The lowest BCUT2D eigenvalue weighted by Crippen LogP contribution is -2.39. The second-order valence-corrected chi connectivity index (χ2v) is 4.50. The normalized spacial score (nSPS) is 21.7. The van der Waals surface area contributed by atoms with E-state index in [-0.39, 0.29) is 23.9 Å². The van der Waals surface area contributed by atoms with Crippen molar-refractivity contribution in [2.75, 3.05) is 25.6 Å². The molecule has 108 valence electrons. The Labute approximate surface area is 114 Å². The van der Waals surface area contributed by atoms with Crippen LogP contribution >= 0.6 is 0 Å². The average molecular weight is 282 g/mol. The van der Waals surface area contributed by atoms with Crippen LogP contribution in [-0.4, -0.2) is 43.3 Å². The van der Waals surface area contributed by atoms with E-state index in [9.17, 15) is 14.0 Å². The predicted octanol–water partition coefficient (Wildman–Crippen LogP) is 0.697. The molecule has 0 aromatic heterocycles. The minimum atomic E-state index is -1.30. The van der Waals surface area contributed by atoms with Gasteiger partial charge in [-0.15, -0.1) is 0 Å². The summed E-state index contributed by atoms with van der Waals surface area (Å²) in [5.74, 6) is -3.03. The third-order valence-corrected chi connectivity index (χ3v) is 3.28. The summed E-state index contributed by atoms with van der Waals surface area (Å²) in [6.45, 7) is 0.603. The van der Waals surface area contributed by atoms with Gasteiger partial charge in [0.2, 0.25) is 5.91 Å². The smallest absolute Gasteiger partial charge is 0.337 e. The highest BCUT2D eigenvalue weighted by Gasteiger charge is 2.33. The largest absolute Gasteiger partial charge is 0.478 e. The number of halogens is 1. The number of carboxylic acid groups (broad SMARTS) is 1. The van der Waals surface area contributed by atoms with Crippen LogP contribution in [0.5, 0.6) is 0 Å². The van der Waals surface area contributed by atoms with Crippen molar-refractivity contribution in [1.82, 2.24) is 5.32 Å². The maximum Gasteiger partial charge on any atom is 0.337 e. The summed E-state index contributed by atoms with van der Waals surface area (Å²) in [5.41, 5.74) is -0.593. The Hall–Kier alpha value is -1.99. The van der Waals surface area contributed by atoms with Gasteiger partial charge in [-0.05, 0) is 19.2 Å². The van der Waals surface area contributed by atoms with Gasteiger partial charge in [-0.25, -0.2) is 9.18 Å². The molecule has 7 heteroatoms. The lowest BCUT2D eigenvalue weighted by atomic mass is 10.0. The minimum absolute atomic E-state index is 0.171. The molecule has 0 spiro atoms. The molecule has 1 aliphatic rings. The molecule has 0 aliphatic carbocycles. The molecular weight excluding hydrogens is 267 g/mol. The number of carbonyl (C=O) groups is 2. The molecule has 0 radical (unpaired) electrons. The van der Waals surface area contributed by atoms with Gasteiger partial charge in [-0.1, -0.05) is 6.07 Å². The van der Waals surface area contributed by atoms with Crippen LogP contribution in [0.1, 0.15) is 10.4 Å². The molecule has 2 atom stereocenters. The van der Waals surface area contributed by atoms with E-state index < -0.39 is 23.6 Å². The number of hydrogen-bond donors (Lipinski definition) is 3. The first-order valence-electron chi connectivity index (χ1n) is 6.12. The van der Waals surface area contributed by atoms with Crippen LogP contribution in [0.25, 0.3) is 0 Å². The predicted molar refractivity (Wildman–Crippen MR) is 69.1 cm³/mol. The number of aromatic carboxylic acids is 1. The average Bonchev–Trinajstić information content (AvgIpc) is 2.89. The molecule has 2 unspecified atom stereocenters. The van der Waals surface area contributed by atoms with Gasteiger partial charge in [0.05, 0.1) is 30.4 Å². The quantitative estimate of drug-likeness (QED) is 0.756. The van der Waals surface area contributed by atoms with Crippen molar-refractivity contribution >= 4 is 17.6 Å². The molecule has 20 heavy (non-hydrogen) atoms. The van der Waals surface area contributed by atoms with Crippen molar-refractivity contribution in [1.29, 1.82) is 0 Å². The van der Waals surface area contributed by atoms with Crippen molar-refractivity contribution in [2.24, 2.45) is 5.92 Å². The molecule has 1 aromatic rings. The molecule has 0 bridgehead atoms. The number of amides is 1. The first-order valence-corrected chi connectivity index (χ1v) is 6.12. The molecule has 1 heterocycles. The van der Waals surface area contributed by atoms with E-state index >= 15 is 0 Å². The topological polar surface area (TPSA) is 87.7 Å². The number of ether oxygens (including phenoxy) is 1. The van der Waals surface area contributed by atoms with Crippen LogP contribution in [0.2, 0.25) is 0 Å². The van der Waals surface area contributed by atoms with Crippen molar-refractivity contribution in [3.63, 3.8) is 0 Å². The first kappa shape index (κ1) is 14.4. The molecule has 1 fully saturated rings. The van der Waals surface area contributed by atoms with Gasteiger partial charge in [0.1, 0.15) is 5.82 Å². The molecule has 0 saturated carbocycles. The molecule has 1 saturated heterocycles. The molecular formula is C13H15FN2O4. The summed E-state index contributed by atoms with van der Waals surface area (Å²) < 4.78 is 18.9. The number of rotatable bonds is 4. The Bertz CT molecular complexity index is 535. The second kappa shape index (κ2) is 5.98. The van der Waals surface area contributed by atoms with Crippen LogP contribution < -0.4 is 10.6 Å². The summed E-state index contributed by atoms with van der Waals surface area (Å²) >= 11 is 0. The van der Waals surface area contributed by atoms with E-state index in [0.29, 0.717) is 6.61 Å². The molecule has 6 nitrogen and oxygen atoms in total. The fourth-order valence-electron chi connectivity index (χ4n) is 2.14. The number of para-hydroxylation sites is 1. The molecule has 3 N–H and O–H groups in total. The summed E-state index contributed by atoms with van der Waals surface area (Å²) in [5, 5.41) is 14.3. The van der Waals surface area contributed by atoms with Gasteiger partial charge >= 0.3 is 5.97 Å². The SMILES string of the molecule is CNC1COCC1C(=O)Nc1c(F)cccc1C(=O)O. The van der Waals surface area contributed by atoms with E-state index in [1.54, 1.807) is 7.05 Å². The van der Waals surface area contributed by atoms with Gasteiger partial charge in [-0.2, -0.15) is 0 Å². The van der Waals surface area contributed by atoms with Gasteiger partial charge < -0.3 is 20.5 Å². The maximum atomic E-state index is 13.7. The van der Waals surface area contributed by atoms with Gasteiger partial charge in [0.25, 0.3) is 0 Å². The standard InChI is InChI=1S/C13H15FN2O4/c1-15-10-6-20-5-8(10)12(17)16-11-7(13(18)19)3-2-4-9(11)14/h2-4,8,10,15H,5-6H2,1H3,(H,16,17)(H,18,19). The minimum Gasteiger partial charge on any atom is -0.478 e. The van der Waals surface area contributed by atoms with Crippen LogP contribution in [-0.2, 0) is 9.53 Å². The van der Waals surface area contributed by atoms with Crippen LogP contribution in [0.4, 0.5) is 10.1 Å². The van der Waals surface area contributed by atoms with Gasteiger partial charge in [0, 0.05) is 6.04 Å². The fourth-order valence-corrected chi connectivity index (χ4v) is 2.14. The van der Waals surface area contributed by atoms with Crippen LogP contribution in [0.15, 0.2) is 18.2 Å². The first-order chi connectivity index (χ1) is 9.54. The third kappa shape index (κ3) is 2.78. The Balaban J connectivity index is 2.21. The van der Waals surface area contributed by atoms with Crippen molar-refractivity contribution in [2.45, 2.75) is 6.04 Å². The lowest BCUT2D eigenvalue weighted by Gasteiger charge is -2.17. The number of carboxylic acids is 1. The summed E-state index contributed by atoms with van der Waals surface area (Å²) in [7, 11) is 1.70. The number of hydrogen-bond acceptors (Lipinski definition) is 4. The zero-order valence-corrected chi connectivity index (χ0v) is 10.9. The molecule has 1 amide bonds.